The number of aliphatic carboxylic acids is 1. The Labute approximate surface area is 280 Å². The van der Waals surface area contributed by atoms with Gasteiger partial charge in [-0.3, -0.25) is 4.79 Å². The van der Waals surface area contributed by atoms with Gasteiger partial charge in [0.05, 0.1) is 17.1 Å². The highest BCUT2D eigenvalue weighted by molar-refractivity contribution is 7.89. The molecule has 0 aromatic heterocycles. The molecule has 0 aliphatic carbocycles. The molecule has 10 nitrogen and oxygen atoms in total. The molecule has 2 atom stereocenters. The van der Waals surface area contributed by atoms with Crippen molar-refractivity contribution < 1.29 is 37.4 Å². The third kappa shape index (κ3) is 10.6. The Kier molecular flexibility index (Phi) is 12.5. The summed E-state index contributed by atoms with van der Waals surface area (Å²) in [5, 5.41) is 12.5. The third-order valence-electron chi connectivity index (χ3n) is 7.15. The van der Waals surface area contributed by atoms with E-state index in [0.717, 1.165) is 5.56 Å². The highest BCUT2D eigenvalue weighted by Crippen LogP contribution is 2.15. The number of carboxylic acid groups (broad SMARTS) is 1. The first-order valence-electron chi connectivity index (χ1n) is 15.2. The van der Waals surface area contributed by atoms with Crippen LogP contribution in [0.2, 0.25) is 0 Å². The SMILES string of the molecule is CCOC(=O)c1ccc(OCC#Cc2ccc(C[C@H](NC(=O)[C@H](Cc3ccccc3)NS(=O)(=O)c3ccc(C)cc3)C(=O)O)cc2)cc1. The van der Waals surface area contributed by atoms with Crippen LogP contribution in [-0.4, -0.2) is 56.7 Å². The second-order valence-corrected chi connectivity index (χ2v) is 12.5. The number of hydrogen-bond donors (Lipinski definition) is 3. The molecule has 4 aromatic rings. The Morgan fingerprint density at radius 3 is 2.06 bits per heavy atom. The summed E-state index contributed by atoms with van der Waals surface area (Å²) in [6.45, 7) is 3.96. The van der Waals surface area contributed by atoms with Gasteiger partial charge in [-0.15, -0.1) is 0 Å². The molecule has 1 amide bonds. The van der Waals surface area contributed by atoms with Crippen LogP contribution >= 0.6 is 0 Å². The first kappa shape index (κ1) is 35.4. The number of nitrogens with one attached hydrogen (secondary N) is 2. The van der Waals surface area contributed by atoms with E-state index in [1.54, 1.807) is 97.9 Å². The van der Waals surface area contributed by atoms with E-state index >= 15 is 0 Å². The second-order valence-electron chi connectivity index (χ2n) is 10.8. The zero-order chi connectivity index (χ0) is 34.5. The predicted molar refractivity (Wildman–Crippen MR) is 180 cm³/mol. The fourth-order valence-electron chi connectivity index (χ4n) is 4.60. The van der Waals surface area contributed by atoms with Crippen molar-refractivity contribution in [2.45, 2.75) is 43.7 Å². The Morgan fingerprint density at radius 2 is 1.44 bits per heavy atom. The van der Waals surface area contributed by atoms with Crippen molar-refractivity contribution >= 4 is 27.9 Å². The molecule has 0 aliphatic heterocycles. The summed E-state index contributed by atoms with van der Waals surface area (Å²) in [5.74, 6) is 3.99. The van der Waals surface area contributed by atoms with Crippen LogP contribution in [0.15, 0.2) is 108 Å². The molecule has 0 bridgehead atoms. The summed E-state index contributed by atoms with van der Waals surface area (Å²) >= 11 is 0. The molecule has 3 N–H and O–H groups in total. The first-order valence-corrected chi connectivity index (χ1v) is 16.7. The lowest BCUT2D eigenvalue weighted by molar-refractivity contribution is -0.142. The van der Waals surface area contributed by atoms with Gasteiger partial charge in [-0.2, -0.15) is 4.72 Å². The van der Waals surface area contributed by atoms with E-state index in [-0.39, 0.29) is 24.3 Å². The van der Waals surface area contributed by atoms with Crippen molar-refractivity contribution in [3.63, 3.8) is 0 Å². The lowest BCUT2D eigenvalue weighted by Gasteiger charge is -2.22. The molecule has 4 rings (SSSR count). The zero-order valence-corrected chi connectivity index (χ0v) is 27.3. The van der Waals surface area contributed by atoms with E-state index in [1.807, 2.05) is 6.92 Å². The van der Waals surface area contributed by atoms with Gasteiger partial charge in [0, 0.05) is 12.0 Å². The van der Waals surface area contributed by atoms with Crippen LogP contribution in [0, 0.1) is 18.8 Å². The number of rotatable bonds is 14. The maximum absolute atomic E-state index is 13.4. The minimum Gasteiger partial charge on any atom is -0.481 e. The fraction of sp³-hybridized carbons (Fsp3) is 0.216. The molecule has 0 heterocycles. The van der Waals surface area contributed by atoms with Crippen molar-refractivity contribution in [1.82, 2.24) is 10.0 Å². The number of ether oxygens (including phenoxy) is 2. The Bertz CT molecular complexity index is 1860. The Balaban J connectivity index is 1.38. The van der Waals surface area contributed by atoms with Crippen molar-refractivity contribution in [2.24, 2.45) is 0 Å². The highest BCUT2D eigenvalue weighted by Gasteiger charge is 2.29. The van der Waals surface area contributed by atoms with Crippen molar-refractivity contribution in [2.75, 3.05) is 13.2 Å². The van der Waals surface area contributed by atoms with Gasteiger partial charge in [-0.25, -0.2) is 18.0 Å². The molecule has 248 valence electrons. The molecular formula is C37H36N2O8S. The van der Waals surface area contributed by atoms with E-state index in [0.29, 0.717) is 34.6 Å². The molecule has 0 saturated heterocycles. The number of sulfonamides is 1. The van der Waals surface area contributed by atoms with Gasteiger partial charge in [0.15, 0.2) is 0 Å². The molecule has 0 radical (unpaired) electrons. The Morgan fingerprint density at radius 1 is 0.812 bits per heavy atom. The van der Waals surface area contributed by atoms with Crippen LogP contribution in [0.5, 0.6) is 5.75 Å². The van der Waals surface area contributed by atoms with Crippen LogP contribution < -0.4 is 14.8 Å². The van der Waals surface area contributed by atoms with Crippen molar-refractivity contribution in [3.05, 3.63) is 131 Å². The zero-order valence-electron chi connectivity index (χ0n) is 26.5. The van der Waals surface area contributed by atoms with Gasteiger partial charge in [-0.1, -0.05) is 72.0 Å². The molecule has 0 aliphatic rings. The Hall–Kier alpha value is -5.44. The molecular weight excluding hydrogens is 632 g/mol. The number of benzene rings is 4. The second kappa shape index (κ2) is 16.9. The monoisotopic (exact) mass is 668 g/mol. The molecule has 0 unspecified atom stereocenters. The normalized spacial score (nSPS) is 12.1. The van der Waals surface area contributed by atoms with Gasteiger partial charge in [0.2, 0.25) is 15.9 Å². The third-order valence-corrected chi connectivity index (χ3v) is 8.63. The number of esters is 1. The molecule has 4 aromatic carbocycles. The van der Waals surface area contributed by atoms with E-state index < -0.39 is 40.0 Å². The van der Waals surface area contributed by atoms with Crippen LogP contribution in [0.1, 0.15) is 39.5 Å². The molecule has 48 heavy (non-hydrogen) atoms. The topological polar surface area (TPSA) is 148 Å². The summed E-state index contributed by atoms with van der Waals surface area (Å²) in [4.78, 5) is 37.4. The van der Waals surface area contributed by atoms with Gasteiger partial charge < -0.3 is 19.9 Å². The predicted octanol–water partition coefficient (Wildman–Crippen LogP) is 4.30. The summed E-state index contributed by atoms with van der Waals surface area (Å²) in [5.41, 5.74) is 3.30. The molecule has 11 heteroatoms. The van der Waals surface area contributed by atoms with Crippen LogP contribution in [-0.2, 0) is 37.2 Å². The van der Waals surface area contributed by atoms with Crippen LogP contribution in [0.4, 0.5) is 0 Å². The van der Waals surface area contributed by atoms with Gasteiger partial charge in [-0.05, 0) is 79.9 Å². The quantitative estimate of drug-likeness (QED) is 0.133. The van der Waals surface area contributed by atoms with Gasteiger partial charge in [0.25, 0.3) is 0 Å². The van der Waals surface area contributed by atoms with Crippen LogP contribution in [0.3, 0.4) is 0 Å². The number of amides is 1. The molecule has 0 saturated carbocycles. The lowest BCUT2D eigenvalue weighted by atomic mass is 10.0. The average molecular weight is 669 g/mol. The summed E-state index contributed by atoms with van der Waals surface area (Å²) in [6, 6.07) is 25.9. The van der Waals surface area contributed by atoms with E-state index in [2.05, 4.69) is 21.9 Å². The van der Waals surface area contributed by atoms with Crippen molar-refractivity contribution in [1.29, 1.82) is 0 Å². The minimum atomic E-state index is -4.09. The number of aryl methyl sites for hydroxylation is 1. The number of hydrogen-bond acceptors (Lipinski definition) is 7. The summed E-state index contributed by atoms with van der Waals surface area (Å²) < 4.78 is 39.4. The maximum atomic E-state index is 13.4. The smallest absolute Gasteiger partial charge is 0.338 e. The standard InChI is InChI=1S/C37H36N2O8S/c1-3-46-37(43)30-17-19-31(20-18-30)47-23-7-10-27-13-15-29(16-14-27)25-34(36(41)42)38-35(40)33(24-28-8-5-4-6-9-28)39-48(44,45)32-21-11-26(2)12-22-32/h4-6,8-9,11-22,33-34,39H,3,23-25H2,1-2H3,(H,38,40)(H,41,42)/t33-,34-/m0/s1. The summed E-state index contributed by atoms with van der Waals surface area (Å²) in [7, 11) is -4.09. The molecule has 0 fully saturated rings. The fourth-order valence-corrected chi connectivity index (χ4v) is 5.80. The van der Waals surface area contributed by atoms with Gasteiger partial charge in [0.1, 0.15) is 24.4 Å². The highest BCUT2D eigenvalue weighted by atomic mass is 32.2. The largest absolute Gasteiger partial charge is 0.481 e. The minimum absolute atomic E-state index is 0.00631. The average Bonchev–Trinajstić information content (AvgIpc) is 3.07. The van der Waals surface area contributed by atoms with Gasteiger partial charge >= 0.3 is 11.9 Å². The van der Waals surface area contributed by atoms with Crippen molar-refractivity contribution in [3.8, 4) is 17.6 Å². The number of carboxylic acids is 1. The van der Waals surface area contributed by atoms with Crippen LogP contribution in [0.25, 0.3) is 0 Å². The number of carbonyl (C=O) groups excluding carboxylic acids is 2. The number of carbonyl (C=O) groups is 3. The molecule has 0 spiro atoms. The van der Waals surface area contributed by atoms with E-state index in [9.17, 15) is 27.9 Å². The lowest BCUT2D eigenvalue weighted by Crippen LogP contribution is -2.53. The maximum Gasteiger partial charge on any atom is 0.338 e. The first-order chi connectivity index (χ1) is 23.0. The summed E-state index contributed by atoms with van der Waals surface area (Å²) in [6.07, 6.45) is -0.0253. The van der Waals surface area contributed by atoms with E-state index in [4.69, 9.17) is 9.47 Å². The van der Waals surface area contributed by atoms with E-state index in [1.165, 1.54) is 12.1 Å².